The van der Waals surface area contributed by atoms with Gasteiger partial charge in [-0.1, -0.05) is 0 Å². The predicted octanol–water partition coefficient (Wildman–Crippen LogP) is 2.65. The summed E-state index contributed by atoms with van der Waals surface area (Å²) in [4.78, 5) is 11.6. The lowest BCUT2D eigenvalue weighted by atomic mass is 9.79. The van der Waals surface area contributed by atoms with Gasteiger partial charge in [-0.15, -0.1) is 0 Å². The van der Waals surface area contributed by atoms with Gasteiger partial charge < -0.3 is 4.74 Å². The van der Waals surface area contributed by atoms with Crippen LogP contribution in [-0.2, 0) is 39.0 Å². The first-order chi connectivity index (χ1) is 15.4. The molecule has 0 spiro atoms. The number of halogens is 9. The van der Waals surface area contributed by atoms with Crippen LogP contribution < -0.4 is 0 Å². The highest BCUT2D eigenvalue weighted by Gasteiger charge is 2.82. The van der Waals surface area contributed by atoms with Gasteiger partial charge in [0.2, 0.25) is 19.7 Å². The maximum Gasteiger partial charge on any atom is 0.498 e. The van der Waals surface area contributed by atoms with Gasteiger partial charge in [-0.25, -0.2) is 25.3 Å². The van der Waals surface area contributed by atoms with Crippen LogP contribution in [0.4, 0.5) is 39.5 Å². The summed E-state index contributed by atoms with van der Waals surface area (Å²) in [7, 11) is -21.2. The molecule has 20 heteroatoms. The van der Waals surface area contributed by atoms with E-state index in [1.165, 1.54) is 0 Å². The predicted molar refractivity (Wildman–Crippen MR) is 97.3 cm³/mol. The van der Waals surface area contributed by atoms with E-state index in [4.69, 9.17) is 4.74 Å². The Labute approximate surface area is 192 Å². The number of sulfone groups is 3. The van der Waals surface area contributed by atoms with Crippen molar-refractivity contribution in [2.45, 2.75) is 59.3 Å². The van der Waals surface area contributed by atoms with Gasteiger partial charge in [-0.2, -0.15) is 39.5 Å². The fourth-order valence-electron chi connectivity index (χ4n) is 3.84. The topological polar surface area (TPSA) is 129 Å². The van der Waals surface area contributed by atoms with Gasteiger partial charge in [0.05, 0.1) is 17.8 Å². The van der Waals surface area contributed by atoms with Crippen LogP contribution in [-0.4, -0.2) is 70.1 Å². The quantitative estimate of drug-likeness (QED) is 0.311. The number of hydrogen-bond acceptors (Lipinski definition) is 8. The molecule has 1 unspecified atom stereocenters. The third kappa shape index (κ3) is 4.85. The maximum atomic E-state index is 14.4. The molecule has 0 aromatic carbocycles. The summed E-state index contributed by atoms with van der Waals surface area (Å²) >= 11 is 0. The number of carbonyl (C=O) groups excluding carboxylic acids is 1. The summed E-state index contributed by atoms with van der Waals surface area (Å²) < 4.78 is 196. The summed E-state index contributed by atoms with van der Waals surface area (Å²) in [5, 5.41) is -20.2. The number of ether oxygens (including phenoxy) is 1. The maximum absolute atomic E-state index is 14.4. The average molecular weight is 592 g/mol. The molecule has 0 bridgehead atoms. The molecule has 1 aliphatic heterocycles. The van der Waals surface area contributed by atoms with Gasteiger partial charge in [-0.05, 0) is 38.0 Å². The van der Waals surface area contributed by atoms with Gasteiger partial charge >= 0.3 is 27.9 Å². The van der Waals surface area contributed by atoms with Gasteiger partial charge in [0, 0.05) is 0 Å². The smallest absolute Gasteiger partial charge is 0.465 e. The van der Waals surface area contributed by atoms with E-state index in [-0.39, 0.29) is 25.9 Å². The van der Waals surface area contributed by atoms with Crippen LogP contribution in [0, 0.1) is 11.8 Å². The molecule has 0 N–H and O–H groups in total. The first kappa shape index (κ1) is 29.9. The van der Waals surface area contributed by atoms with Gasteiger partial charge in [0.25, 0.3) is 9.84 Å². The zero-order valence-corrected chi connectivity index (χ0v) is 19.5. The number of cyclic esters (lactones) is 1. The third-order valence-corrected chi connectivity index (χ3v) is 12.4. The number of hydrogen-bond donors (Lipinski definition) is 0. The first-order valence-corrected chi connectivity index (χ1v) is 14.3. The molecule has 35 heavy (non-hydrogen) atoms. The van der Waals surface area contributed by atoms with Gasteiger partial charge in [-0.3, -0.25) is 4.79 Å². The van der Waals surface area contributed by atoms with Crippen molar-refractivity contribution in [1.29, 1.82) is 0 Å². The Morgan fingerprint density at radius 3 is 1.60 bits per heavy atom. The highest BCUT2D eigenvalue weighted by molar-refractivity contribution is 8.08. The van der Waals surface area contributed by atoms with Crippen LogP contribution >= 0.6 is 0 Å². The Hall–Kier alpha value is -1.31. The monoisotopic (exact) mass is 592 g/mol. The van der Waals surface area contributed by atoms with E-state index in [2.05, 4.69) is 0 Å². The van der Waals surface area contributed by atoms with Gasteiger partial charge in [0.1, 0.15) is 0 Å². The minimum absolute atomic E-state index is 0.0413. The van der Waals surface area contributed by atoms with E-state index in [1.807, 2.05) is 0 Å². The summed E-state index contributed by atoms with van der Waals surface area (Å²) in [6.45, 7) is 0.0413. The van der Waals surface area contributed by atoms with Crippen LogP contribution in [0.3, 0.4) is 0 Å². The molecule has 1 aliphatic carbocycles. The van der Waals surface area contributed by atoms with Crippen molar-refractivity contribution in [3.8, 4) is 0 Å². The Morgan fingerprint density at radius 1 is 0.714 bits per heavy atom. The SMILES string of the molecule is O=C1OCCC1C1CCC(S(=O)(=O)C(F)(F)C(F)(F)C(F)(F)S(=O)(=O)CS(=O)(=O)C(F)(F)F)CC1. The molecule has 1 saturated carbocycles. The molecule has 2 aliphatic rings. The van der Waals surface area contributed by atoms with Crippen molar-refractivity contribution in [3.05, 3.63) is 0 Å². The van der Waals surface area contributed by atoms with Crippen molar-refractivity contribution >= 4 is 35.5 Å². The lowest BCUT2D eigenvalue weighted by Gasteiger charge is -2.36. The Morgan fingerprint density at radius 2 is 1.20 bits per heavy atom. The molecule has 0 radical (unpaired) electrons. The number of alkyl halides is 9. The second-order valence-electron chi connectivity index (χ2n) is 8.05. The molecule has 1 saturated heterocycles. The van der Waals surface area contributed by atoms with Crippen LogP contribution in [0.1, 0.15) is 32.1 Å². The fourth-order valence-corrected chi connectivity index (χ4v) is 8.98. The van der Waals surface area contributed by atoms with Crippen LogP contribution in [0.2, 0.25) is 0 Å². The summed E-state index contributed by atoms with van der Waals surface area (Å²) in [6.07, 6.45) is -1.96. The second kappa shape index (κ2) is 8.91. The Bertz CT molecular complexity index is 1150. The molecule has 2 fully saturated rings. The van der Waals surface area contributed by atoms with Crippen molar-refractivity contribution < 1.29 is 74.3 Å². The third-order valence-electron chi connectivity index (χ3n) is 5.84. The highest BCUT2D eigenvalue weighted by Crippen LogP contribution is 2.53. The fraction of sp³-hybridized carbons (Fsp3) is 0.933. The van der Waals surface area contributed by atoms with Crippen LogP contribution in [0.5, 0.6) is 0 Å². The number of rotatable bonds is 8. The molecular weight excluding hydrogens is 575 g/mol. The van der Waals surface area contributed by atoms with E-state index in [0.29, 0.717) is 0 Å². The van der Waals surface area contributed by atoms with E-state index >= 15 is 0 Å². The summed E-state index contributed by atoms with van der Waals surface area (Å²) in [5.41, 5.74) is -6.52. The summed E-state index contributed by atoms with van der Waals surface area (Å²) in [6, 6.07) is 0. The molecule has 0 aromatic heterocycles. The summed E-state index contributed by atoms with van der Waals surface area (Å²) in [5.74, 6) is -9.30. The lowest BCUT2D eigenvalue weighted by molar-refractivity contribution is -0.243. The van der Waals surface area contributed by atoms with E-state index < -0.39 is 92.4 Å². The number of esters is 1. The van der Waals surface area contributed by atoms with Crippen LogP contribution in [0.25, 0.3) is 0 Å². The molecule has 1 atom stereocenters. The van der Waals surface area contributed by atoms with Crippen molar-refractivity contribution in [2.75, 3.05) is 11.7 Å². The Kier molecular flexibility index (Phi) is 7.62. The highest BCUT2D eigenvalue weighted by atomic mass is 32.3. The van der Waals surface area contributed by atoms with E-state index in [0.717, 1.165) is 0 Å². The second-order valence-corrected chi connectivity index (χ2v) is 14.7. The van der Waals surface area contributed by atoms with E-state index in [1.54, 1.807) is 0 Å². The minimum Gasteiger partial charge on any atom is -0.465 e. The minimum atomic E-state index is -7.55. The molecule has 0 amide bonds. The lowest BCUT2D eigenvalue weighted by Crippen LogP contribution is -2.63. The largest absolute Gasteiger partial charge is 0.498 e. The number of carbonyl (C=O) groups is 1. The van der Waals surface area contributed by atoms with Crippen molar-refractivity contribution in [3.63, 3.8) is 0 Å². The standard InChI is InChI=1S/C15H17F9O8S3/c16-12(17,13(18,19)33(26,27)7-34(28,29)15(22,23)24)14(20,21)35(30,31)9-3-1-8(2-4-9)10-5-6-32-11(10)25/h8-10H,1-7H2. The normalized spacial score (nSPS) is 26.0. The zero-order valence-electron chi connectivity index (χ0n) is 17.1. The molecule has 0 aromatic rings. The molecule has 206 valence electrons. The average Bonchev–Trinajstić information content (AvgIpc) is 3.11. The Balaban J connectivity index is 2.34. The van der Waals surface area contributed by atoms with Gasteiger partial charge in [0.15, 0.2) is 5.08 Å². The van der Waals surface area contributed by atoms with Crippen LogP contribution in [0.15, 0.2) is 0 Å². The molecule has 1 heterocycles. The van der Waals surface area contributed by atoms with E-state index in [9.17, 15) is 69.6 Å². The van der Waals surface area contributed by atoms with Crippen molar-refractivity contribution in [2.24, 2.45) is 11.8 Å². The first-order valence-electron chi connectivity index (χ1n) is 9.49. The van der Waals surface area contributed by atoms with Crippen molar-refractivity contribution in [1.82, 2.24) is 0 Å². The zero-order chi connectivity index (χ0) is 27.5. The molecular formula is C15H17F9O8S3. The molecule has 8 nitrogen and oxygen atoms in total. The molecule has 2 rings (SSSR count).